The molecule has 0 atom stereocenters. The van der Waals surface area contributed by atoms with Gasteiger partial charge in [-0.2, -0.15) is 0 Å². The van der Waals surface area contributed by atoms with Gasteiger partial charge in [0.2, 0.25) is 5.91 Å². The van der Waals surface area contributed by atoms with Crippen LogP contribution >= 0.6 is 11.6 Å². The van der Waals surface area contributed by atoms with Crippen LogP contribution in [-0.4, -0.2) is 30.6 Å². The van der Waals surface area contributed by atoms with Gasteiger partial charge >= 0.3 is 0 Å². The number of amides is 1. The number of alkyl halides is 1. The summed E-state index contributed by atoms with van der Waals surface area (Å²) in [6.45, 7) is 2.17. The van der Waals surface area contributed by atoms with Crippen LogP contribution in [-0.2, 0) is 22.0 Å². The summed E-state index contributed by atoms with van der Waals surface area (Å²) in [5.41, 5.74) is 2.22. The molecular formula is C12H14ClNO2. The Morgan fingerprint density at radius 2 is 1.94 bits per heavy atom. The number of carbonyl (C=O) groups excluding carboxylic acids is 1. The normalized spacial score (nSPS) is 16.6. The maximum Gasteiger partial charge on any atom is 0.248 e. The predicted octanol–water partition coefficient (Wildman–Crippen LogP) is 1.78. The van der Waals surface area contributed by atoms with Gasteiger partial charge < -0.3 is 9.64 Å². The summed E-state index contributed by atoms with van der Waals surface area (Å²) in [5, 5.41) is 0. The minimum atomic E-state index is 0.0627. The molecule has 2 rings (SSSR count). The molecule has 1 saturated heterocycles. The number of hydrogen-bond donors (Lipinski definition) is 0. The Bertz CT molecular complexity index is 364. The van der Waals surface area contributed by atoms with Crippen molar-refractivity contribution in [1.29, 1.82) is 0 Å². The number of rotatable bonds is 3. The molecule has 0 bridgehead atoms. The zero-order chi connectivity index (χ0) is 11.4. The largest absolute Gasteiger partial charge is 0.370 e. The van der Waals surface area contributed by atoms with Crippen LogP contribution in [0.1, 0.15) is 11.1 Å². The molecule has 1 aromatic carbocycles. The molecule has 0 spiro atoms. The van der Waals surface area contributed by atoms with Gasteiger partial charge in [0.1, 0.15) is 6.61 Å². The van der Waals surface area contributed by atoms with Gasteiger partial charge in [-0.15, -0.1) is 11.6 Å². The summed E-state index contributed by atoms with van der Waals surface area (Å²) < 4.78 is 5.08. The molecule has 0 aliphatic carbocycles. The summed E-state index contributed by atoms with van der Waals surface area (Å²) >= 11 is 5.71. The standard InChI is InChI=1S/C12H14ClNO2/c13-7-10-1-3-11(4-2-10)8-14-5-6-16-9-12(14)15/h1-4H,5-9H2. The van der Waals surface area contributed by atoms with Crippen LogP contribution < -0.4 is 0 Å². The van der Waals surface area contributed by atoms with Gasteiger partial charge in [0, 0.05) is 19.0 Å². The lowest BCUT2D eigenvalue weighted by atomic mass is 10.1. The van der Waals surface area contributed by atoms with Crippen LogP contribution in [0.5, 0.6) is 0 Å². The van der Waals surface area contributed by atoms with Crippen molar-refractivity contribution in [3.05, 3.63) is 35.4 Å². The monoisotopic (exact) mass is 239 g/mol. The van der Waals surface area contributed by atoms with Crippen molar-refractivity contribution in [3.8, 4) is 0 Å². The molecule has 1 heterocycles. The SMILES string of the molecule is O=C1COCCN1Cc1ccc(CCl)cc1. The molecule has 0 aromatic heterocycles. The molecule has 3 nitrogen and oxygen atoms in total. The van der Waals surface area contributed by atoms with Gasteiger partial charge in [0.15, 0.2) is 0 Å². The predicted molar refractivity (Wildman–Crippen MR) is 62.2 cm³/mol. The van der Waals surface area contributed by atoms with Crippen LogP contribution in [0.3, 0.4) is 0 Å². The van der Waals surface area contributed by atoms with Crippen molar-refractivity contribution >= 4 is 17.5 Å². The number of carbonyl (C=O) groups is 1. The van der Waals surface area contributed by atoms with E-state index in [0.29, 0.717) is 25.6 Å². The van der Waals surface area contributed by atoms with Gasteiger partial charge in [0.25, 0.3) is 0 Å². The molecule has 1 aromatic rings. The third-order valence-electron chi connectivity index (χ3n) is 2.63. The average Bonchev–Trinajstić information content (AvgIpc) is 2.33. The maximum absolute atomic E-state index is 11.5. The fourth-order valence-corrected chi connectivity index (χ4v) is 1.85. The van der Waals surface area contributed by atoms with Crippen LogP contribution in [0, 0.1) is 0 Å². The molecule has 4 heteroatoms. The van der Waals surface area contributed by atoms with Crippen LogP contribution in [0.2, 0.25) is 0 Å². The Hall–Kier alpha value is -1.06. The van der Waals surface area contributed by atoms with Gasteiger partial charge in [-0.3, -0.25) is 4.79 Å². The highest BCUT2D eigenvalue weighted by atomic mass is 35.5. The quantitative estimate of drug-likeness (QED) is 0.753. The van der Waals surface area contributed by atoms with Crippen molar-refractivity contribution in [2.45, 2.75) is 12.4 Å². The van der Waals surface area contributed by atoms with Crippen LogP contribution in [0.15, 0.2) is 24.3 Å². The van der Waals surface area contributed by atoms with Crippen LogP contribution in [0.25, 0.3) is 0 Å². The lowest BCUT2D eigenvalue weighted by Crippen LogP contribution is -2.40. The van der Waals surface area contributed by atoms with E-state index < -0.39 is 0 Å². The maximum atomic E-state index is 11.5. The van der Waals surface area contributed by atoms with E-state index in [0.717, 1.165) is 11.1 Å². The molecule has 1 amide bonds. The fourth-order valence-electron chi connectivity index (χ4n) is 1.67. The van der Waals surface area contributed by atoms with Gasteiger partial charge in [-0.25, -0.2) is 0 Å². The molecule has 16 heavy (non-hydrogen) atoms. The zero-order valence-corrected chi connectivity index (χ0v) is 9.74. The van der Waals surface area contributed by atoms with Crippen LogP contribution in [0.4, 0.5) is 0 Å². The first-order valence-corrected chi connectivity index (χ1v) is 5.82. The third-order valence-corrected chi connectivity index (χ3v) is 2.94. The Morgan fingerprint density at radius 1 is 1.25 bits per heavy atom. The minimum Gasteiger partial charge on any atom is -0.370 e. The highest BCUT2D eigenvalue weighted by molar-refractivity contribution is 6.17. The summed E-state index contributed by atoms with van der Waals surface area (Å²) in [4.78, 5) is 13.3. The first kappa shape index (κ1) is 11.4. The lowest BCUT2D eigenvalue weighted by Gasteiger charge is -2.26. The third kappa shape index (κ3) is 2.74. The first-order valence-electron chi connectivity index (χ1n) is 5.29. The molecule has 0 radical (unpaired) electrons. The van der Waals surface area contributed by atoms with Gasteiger partial charge in [0.05, 0.1) is 6.61 Å². The average molecular weight is 240 g/mol. The Morgan fingerprint density at radius 3 is 2.56 bits per heavy atom. The second kappa shape index (κ2) is 5.32. The van der Waals surface area contributed by atoms with Gasteiger partial charge in [-0.1, -0.05) is 24.3 Å². The number of benzene rings is 1. The summed E-state index contributed by atoms with van der Waals surface area (Å²) in [6, 6.07) is 8.02. The van der Waals surface area contributed by atoms with Crippen molar-refractivity contribution in [2.24, 2.45) is 0 Å². The smallest absolute Gasteiger partial charge is 0.248 e. The second-order valence-corrected chi connectivity index (χ2v) is 4.09. The van der Waals surface area contributed by atoms with Crippen molar-refractivity contribution < 1.29 is 9.53 Å². The number of nitrogens with zero attached hydrogens (tertiary/aromatic N) is 1. The highest BCUT2D eigenvalue weighted by Crippen LogP contribution is 2.10. The van der Waals surface area contributed by atoms with E-state index in [1.54, 1.807) is 0 Å². The molecule has 86 valence electrons. The number of hydrogen-bond acceptors (Lipinski definition) is 2. The summed E-state index contributed by atoms with van der Waals surface area (Å²) in [7, 11) is 0. The summed E-state index contributed by atoms with van der Waals surface area (Å²) in [5.74, 6) is 0.587. The molecule has 1 fully saturated rings. The zero-order valence-electron chi connectivity index (χ0n) is 8.99. The summed E-state index contributed by atoms with van der Waals surface area (Å²) in [6.07, 6.45) is 0. The van der Waals surface area contributed by atoms with E-state index in [9.17, 15) is 4.79 Å². The Balaban J connectivity index is 1.99. The number of halogens is 1. The molecule has 1 aliphatic rings. The topological polar surface area (TPSA) is 29.5 Å². The number of ether oxygens (including phenoxy) is 1. The highest BCUT2D eigenvalue weighted by Gasteiger charge is 2.18. The van der Waals surface area contributed by atoms with E-state index in [4.69, 9.17) is 16.3 Å². The second-order valence-electron chi connectivity index (χ2n) is 3.82. The molecule has 0 N–H and O–H groups in total. The molecule has 1 aliphatic heterocycles. The number of morpholine rings is 1. The Kier molecular flexibility index (Phi) is 3.80. The Labute approximate surface area is 100.0 Å². The molecule has 0 saturated carbocycles. The molecule has 0 unspecified atom stereocenters. The van der Waals surface area contributed by atoms with Crippen molar-refractivity contribution in [1.82, 2.24) is 4.90 Å². The van der Waals surface area contributed by atoms with E-state index in [2.05, 4.69) is 0 Å². The van der Waals surface area contributed by atoms with Gasteiger partial charge in [-0.05, 0) is 11.1 Å². The van der Waals surface area contributed by atoms with Crippen molar-refractivity contribution in [3.63, 3.8) is 0 Å². The van der Waals surface area contributed by atoms with E-state index in [1.807, 2.05) is 29.2 Å². The minimum absolute atomic E-state index is 0.0627. The van der Waals surface area contributed by atoms with E-state index in [-0.39, 0.29) is 12.5 Å². The fraction of sp³-hybridized carbons (Fsp3) is 0.417. The molecular weight excluding hydrogens is 226 g/mol. The van der Waals surface area contributed by atoms with E-state index >= 15 is 0 Å². The lowest BCUT2D eigenvalue weighted by molar-refractivity contribution is -0.143. The first-order chi connectivity index (χ1) is 7.79. The van der Waals surface area contributed by atoms with Crippen molar-refractivity contribution in [2.75, 3.05) is 19.8 Å². The van der Waals surface area contributed by atoms with E-state index in [1.165, 1.54) is 0 Å².